The molecule has 0 aliphatic carbocycles. The summed E-state index contributed by atoms with van der Waals surface area (Å²) in [5.74, 6) is 0.462. The predicted molar refractivity (Wildman–Crippen MR) is 73.0 cm³/mol. The summed E-state index contributed by atoms with van der Waals surface area (Å²) in [5.41, 5.74) is 7.51. The number of hydrogen-bond donors (Lipinski definition) is 2. The topological polar surface area (TPSA) is 86.0 Å². The molecule has 1 aromatic carbocycles. The molecule has 2 aromatic rings. The molecule has 1 heterocycles. The van der Waals surface area contributed by atoms with Gasteiger partial charge in [-0.1, -0.05) is 15.9 Å². The van der Waals surface area contributed by atoms with Crippen LogP contribution in [0.2, 0.25) is 0 Å². The second-order valence-corrected chi connectivity index (χ2v) is 4.50. The molecule has 1 aromatic heterocycles. The standard InChI is InChI=1S/C11H12BrN5O/c1-6-5-7(12)3-4-8(6)14-10-15-9(13)16-11(17-10)18-2/h3-5H,1-2H3,(H3,13,14,15,16,17). The summed E-state index contributed by atoms with van der Waals surface area (Å²) >= 11 is 3.41. The van der Waals surface area contributed by atoms with Crippen molar-refractivity contribution in [2.75, 3.05) is 18.2 Å². The van der Waals surface area contributed by atoms with Crippen molar-refractivity contribution >= 4 is 33.5 Å². The van der Waals surface area contributed by atoms with Gasteiger partial charge in [0.15, 0.2) is 0 Å². The van der Waals surface area contributed by atoms with E-state index < -0.39 is 0 Å². The molecule has 6 nitrogen and oxygen atoms in total. The van der Waals surface area contributed by atoms with Crippen LogP contribution in [0.15, 0.2) is 22.7 Å². The lowest BCUT2D eigenvalue weighted by Crippen LogP contribution is -2.05. The lowest BCUT2D eigenvalue weighted by Gasteiger charge is -2.09. The maximum Gasteiger partial charge on any atom is 0.322 e. The normalized spacial score (nSPS) is 10.2. The SMILES string of the molecule is COc1nc(N)nc(Nc2ccc(Br)cc2C)n1. The third-order valence-electron chi connectivity index (χ3n) is 2.25. The van der Waals surface area contributed by atoms with Gasteiger partial charge in [-0.15, -0.1) is 0 Å². The average Bonchev–Trinajstić information content (AvgIpc) is 2.32. The summed E-state index contributed by atoms with van der Waals surface area (Å²) in [6.07, 6.45) is 0. The minimum Gasteiger partial charge on any atom is -0.467 e. The minimum atomic E-state index is 0.110. The van der Waals surface area contributed by atoms with E-state index in [1.54, 1.807) is 0 Å². The minimum absolute atomic E-state index is 0.110. The fourth-order valence-electron chi connectivity index (χ4n) is 1.41. The molecule has 0 fully saturated rings. The maximum absolute atomic E-state index is 5.56. The number of ether oxygens (including phenoxy) is 1. The number of aryl methyl sites for hydroxylation is 1. The molecule has 18 heavy (non-hydrogen) atoms. The van der Waals surface area contributed by atoms with Crippen LogP contribution in [0.4, 0.5) is 17.6 Å². The Balaban J connectivity index is 2.30. The first kappa shape index (κ1) is 12.6. The van der Waals surface area contributed by atoms with Gasteiger partial charge in [0.05, 0.1) is 7.11 Å². The van der Waals surface area contributed by atoms with Crippen LogP contribution in [-0.4, -0.2) is 22.1 Å². The fraction of sp³-hybridized carbons (Fsp3) is 0.182. The molecule has 0 saturated heterocycles. The highest BCUT2D eigenvalue weighted by Crippen LogP contribution is 2.22. The first-order valence-electron chi connectivity index (χ1n) is 5.17. The van der Waals surface area contributed by atoms with Crippen molar-refractivity contribution in [3.63, 3.8) is 0 Å². The highest BCUT2D eigenvalue weighted by atomic mass is 79.9. The Labute approximate surface area is 113 Å². The van der Waals surface area contributed by atoms with Crippen LogP contribution in [0.1, 0.15) is 5.56 Å². The van der Waals surface area contributed by atoms with Crippen molar-refractivity contribution in [2.24, 2.45) is 0 Å². The van der Waals surface area contributed by atoms with Gasteiger partial charge in [0.25, 0.3) is 0 Å². The summed E-state index contributed by atoms with van der Waals surface area (Å²) < 4.78 is 5.95. The number of hydrogen-bond acceptors (Lipinski definition) is 6. The van der Waals surface area contributed by atoms with Gasteiger partial charge in [-0.2, -0.15) is 15.0 Å². The number of nitrogen functional groups attached to an aromatic ring is 1. The van der Waals surface area contributed by atoms with Gasteiger partial charge in [0, 0.05) is 10.2 Å². The first-order chi connectivity index (χ1) is 8.58. The zero-order valence-electron chi connectivity index (χ0n) is 9.94. The molecule has 0 amide bonds. The number of nitrogens with two attached hydrogens (primary N) is 1. The number of nitrogens with zero attached hydrogens (tertiary/aromatic N) is 3. The van der Waals surface area contributed by atoms with Crippen molar-refractivity contribution < 1.29 is 4.74 Å². The Bertz CT molecular complexity index is 575. The summed E-state index contributed by atoms with van der Waals surface area (Å²) in [6, 6.07) is 6.02. The number of benzene rings is 1. The molecule has 0 unspecified atom stereocenters. The van der Waals surface area contributed by atoms with Gasteiger partial charge in [-0.25, -0.2) is 0 Å². The van der Waals surface area contributed by atoms with Gasteiger partial charge < -0.3 is 15.8 Å². The zero-order chi connectivity index (χ0) is 13.1. The molecule has 2 rings (SSSR count). The molecule has 0 bridgehead atoms. The summed E-state index contributed by atoms with van der Waals surface area (Å²) in [7, 11) is 1.48. The molecular formula is C11H12BrN5O. The first-order valence-corrected chi connectivity index (χ1v) is 5.96. The molecule has 3 N–H and O–H groups in total. The quantitative estimate of drug-likeness (QED) is 0.904. The zero-order valence-corrected chi connectivity index (χ0v) is 11.5. The molecule has 0 atom stereocenters. The number of anilines is 3. The van der Waals surface area contributed by atoms with Gasteiger partial charge in [0.1, 0.15) is 0 Å². The highest BCUT2D eigenvalue weighted by Gasteiger charge is 2.06. The van der Waals surface area contributed by atoms with Crippen LogP contribution in [0.3, 0.4) is 0 Å². The molecule has 0 saturated carbocycles. The lowest BCUT2D eigenvalue weighted by molar-refractivity contribution is 0.380. The van der Waals surface area contributed by atoms with Crippen molar-refractivity contribution in [3.8, 4) is 6.01 Å². The van der Waals surface area contributed by atoms with Crippen LogP contribution in [0.25, 0.3) is 0 Å². The van der Waals surface area contributed by atoms with E-state index in [4.69, 9.17) is 10.5 Å². The number of methoxy groups -OCH3 is 1. The number of nitrogens with one attached hydrogen (secondary N) is 1. The largest absolute Gasteiger partial charge is 0.467 e. The highest BCUT2D eigenvalue weighted by molar-refractivity contribution is 9.10. The Morgan fingerprint density at radius 2 is 2.06 bits per heavy atom. The molecular weight excluding hydrogens is 298 g/mol. The van der Waals surface area contributed by atoms with Crippen molar-refractivity contribution in [2.45, 2.75) is 6.92 Å². The smallest absolute Gasteiger partial charge is 0.322 e. The second kappa shape index (κ2) is 5.18. The van der Waals surface area contributed by atoms with Crippen LogP contribution >= 0.6 is 15.9 Å². The molecule has 0 aliphatic heterocycles. The van der Waals surface area contributed by atoms with E-state index in [9.17, 15) is 0 Å². The van der Waals surface area contributed by atoms with Crippen LogP contribution in [0, 0.1) is 6.92 Å². The van der Waals surface area contributed by atoms with E-state index in [0.717, 1.165) is 15.7 Å². The van der Waals surface area contributed by atoms with Crippen LogP contribution in [-0.2, 0) is 0 Å². The number of halogens is 1. The van der Waals surface area contributed by atoms with Crippen molar-refractivity contribution in [1.29, 1.82) is 0 Å². The van der Waals surface area contributed by atoms with Gasteiger partial charge in [-0.05, 0) is 30.7 Å². The number of aromatic nitrogens is 3. The van der Waals surface area contributed by atoms with Gasteiger partial charge in [-0.3, -0.25) is 0 Å². The van der Waals surface area contributed by atoms with Crippen LogP contribution < -0.4 is 15.8 Å². The van der Waals surface area contributed by atoms with E-state index >= 15 is 0 Å². The average molecular weight is 310 g/mol. The summed E-state index contributed by atoms with van der Waals surface area (Å²) in [6.45, 7) is 1.98. The van der Waals surface area contributed by atoms with Crippen LogP contribution in [0.5, 0.6) is 6.01 Å². The predicted octanol–water partition coefficient (Wildman–Crippen LogP) is 2.28. The van der Waals surface area contributed by atoms with E-state index in [-0.39, 0.29) is 12.0 Å². The van der Waals surface area contributed by atoms with Crippen molar-refractivity contribution in [1.82, 2.24) is 15.0 Å². The monoisotopic (exact) mass is 309 g/mol. The third kappa shape index (κ3) is 2.86. The van der Waals surface area contributed by atoms with E-state index in [0.29, 0.717) is 5.95 Å². The molecule has 0 aliphatic rings. The Morgan fingerprint density at radius 1 is 1.28 bits per heavy atom. The maximum atomic E-state index is 5.56. The fourth-order valence-corrected chi connectivity index (χ4v) is 1.88. The Kier molecular flexibility index (Phi) is 3.61. The number of rotatable bonds is 3. The summed E-state index contributed by atoms with van der Waals surface area (Å²) in [4.78, 5) is 11.9. The molecule has 94 valence electrons. The molecule has 0 radical (unpaired) electrons. The third-order valence-corrected chi connectivity index (χ3v) is 2.74. The van der Waals surface area contributed by atoms with Crippen molar-refractivity contribution in [3.05, 3.63) is 28.2 Å². The Hall–Kier alpha value is -1.89. The summed E-state index contributed by atoms with van der Waals surface area (Å²) in [5, 5.41) is 3.07. The van der Waals surface area contributed by atoms with E-state index in [1.807, 2.05) is 25.1 Å². The molecule has 7 heteroatoms. The van der Waals surface area contributed by atoms with Gasteiger partial charge >= 0.3 is 6.01 Å². The van der Waals surface area contributed by atoms with Gasteiger partial charge in [0.2, 0.25) is 11.9 Å². The van der Waals surface area contributed by atoms with E-state index in [1.165, 1.54) is 7.11 Å². The Morgan fingerprint density at radius 3 is 2.72 bits per heavy atom. The van der Waals surface area contributed by atoms with E-state index in [2.05, 4.69) is 36.2 Å². The lowest BCUT2D eigenvalue weighted by atomic mass is 10.2. The second-order valence-electron chi connectivity index (χ2n) is 3.59. The molecule has 0 spiro atoms.